The molecule has 0 amide bonds. The fourth-order valence-electron chi connectivity index (χ4n) is 0. The van der Waals surface area contributed by atoms with Gasteiger partial charge >= 0.3 is 0 Å². The Labute approximate surface area is 135 Å². The summed E-state index contributed by atoms with van der Waals surface area (Å²) in [5.41, 5.74) is 0. The van der Waals surface area contributed by atoms with E-state index in [2.05, 4.69) is 0 Å². The molecule has 0 unspecified atom stereocenters. The molecule has 0 fully saturated rings. The Bertz CT molecular complexity index is 3.90. The maximum absolute atomic E-state index is 0. The second-order valence-electron chi connectivity index (χ2n) is 0. The molecule has 0 saturated carbocycles. The molecule has 1 radical (unpaired) electrons. The van der Waals surface area contributed by atoms with Gasteiger partial charge in [-0.1, -0.05) is 0 Å². The topological polar surface area (TPSA) is 0 Å². The van der Waals surface area contributed by atoms with Gasteiger partial charge < -0.3 is 0 Å². The Morgan fingerprint density at radius 1 is 0.333 bits per heavy atom. The summed E-state index contributed by atoms with van der Waals surface area (Å²) in [5.74, 6) is 0. The van der Waals surface area contributed by atoms with Crippen LogP contribution in [0.25, 0.3) is 0 Å². The summed E-state index contributed by atoms with van der Waals surface area (Å²) in [5, 5.41) is 0. The smallest absolute Gasteiger partial charge is 0 e. The Morgan fingerprint density at radius 3 is 0.333 bits per heavy atom. The van der Waals surface area contributed by atoms with E-state index >= 15 is 0 Å². The SMILES string of the molecule is I.I.I.I.I.[V]. The van der Waals surface area contributed by atoms with Crippen LogP contribution in [0, 0.1) is 0 Å². The molecular formula is H5I5V. The molecule has 0 rings (SSSR count). The van der Waals surface area contributed by atoms with E-state index in [1.165, 1.54) is 0 Å². The molecule has 0 aromatic carbocycles. The number of hydrogen-bond acceptors (Lipinski definition) is 0. The van der Waals surface area contributed by atoms with Crippen molar-refractivity contribution in [3.05, 3.63) is 0 Å². The molecule has 0 heterocycles. The van der Waals surface area contributed by atoms with Crippen molar-refractivity contribution >= 4 is 120 Å². The normalized spacial score (nSPS) is 0. The third kappa shape index (κ3) is 24.0. The molecule has 45 valence electrons. The van der Waals surface area contributed by atoms with Gasteiger partial charge in [-0.05, 0) is 0 Å². The van der Waals surface area contributed by atoms with Gasteiger partial charge in [0.1, 0.15) is 0 Å². The van der Waals surface area contributed by atoms with Crippen LogP contribution in [0.2, 0.25) is 0 Å². The van der Waals surface area contributed by atoms with Crippen LogP contribution in [-0.2, 0) is 18.6 Å². The molecule has 0 spiro atoms. The fraction of sp³-hybridized carbons (Fsp3) is 0. The van der Waals surface area contributed by atoms with Gasteiger partial charge in [-0.2, -0.15) is 0 Å². The molecule has 0 aromatic rings. The van der Waals surface area contributed by atoms with Crippen LogP contribution >= 0.6 is 120 Å². The number of halogens is 5. The molecule has 0 aliphatic heterocycles. The summed E-state index contributed by atoms with van der Waals surface area (Å²) < 4.78 is 0. The van der Waals surface area contributed by atoms with Crippen LogP contribution in [0.1, 0.15) is 0 Å². The third-order valence-electron chi connectivity index (χ3n) is 0. The van der Waals surface area contributed by atoms with Crippen molar-refractivity contribution in [3.63, 3.8) is 0 Å². The Balaban J connectivity index is 0. The second-order valence-corrected chi connectivity index (χ2v) is 0. The van der Waals surface area contributed by atoms with Crippen LogP contribution in [-0.4, -0.2) is 0 Å². The first-order chi connectivity index (χ1) is 0. The van der Waals surface area contributed by atoms with E-state index in [0.29, 0.717) is 0 Å². The zero-order chi connectivity index (χ0) is 0. The molecule has 0 aliphatic carbocycles. The third-order valence-corrected chi connectivity index (χ3v) is 0. The first kappa shape index (κ1) is 48.7. The first-order valence-corrected chi connectivity index (χ1v) is 0. The van der Waals surface area contributed by atoms with E-state index in [1.807, 2.05) is 0 Å². The minimum atomic E-state index is 0. The minimum Gasteiger partial charge on any atom is -0.107 e. The van der Waals surface area contributed by atoms with E-state index in [0.717, 1.165) is 0 Å². The van der Waals surface area contributed by atoms with Gasteiger partial charge in [-0.3, -0.25) is 0 Å². The van der Waals surface area contributed by atoms with Crippen LogP contribution < -0.4 is 0 Å². The fourth-order valence-corrected chi connectivity index (χ4v) is 0. The van der Waals surface area contributed by atoms with Crippen molar-refractivity contribution in [2.75, 3.05) is 0 Å². The zero-order valence-electron chi connectivity index (χ0n) is 2.49. The summed E-state index contributed by atoms with van der Waals surface area (Å²) in [6.45, 7) is 0. The summed E-state index contributed by atoms with van der Waals surface area (Å²) in [4.78, 5) is 0. The van der Waals surface area contributed by atoms with E-state index < -0.39 is 0 Å². The number of hydrogen-bond donors (Lipinski definition) is 0. The maximum Gasteiger partial charge on any atom is 0 e. The molecule has 0 aliphatic rings. The van der Waals surface area contributed by atoms with Gasteiger partial charge in [-0.25, -0.2) is 0 Å². The first-order valence-electron chi connectivity index (χ1n) is 0. The number of rotatable bonds is 0. The van der Waals surface area contributed by atoms with Gasteiger partial charge in [-0.15, -0.1) is 120 Å². The van der Waals surface area contributed by atoms with Crippen molar-refractivity contribution in [1.82, 2.24) is 0 Å². The maximum atomic E-state index is 0. The van der Waals surface area contributed by atoms with E-state index in [1.54, 1.807) is 0 Å². The van der Waals surface area contributed by atoms with Crippen molar-refractivity contribution in [1.29, 1.82) is 0 Å². The summed E-state index contributed by atoms with van der Waals surface area (Å²) >= 11 is 0. The van der Waals surface area contributed by atoms with Gasteiger partial charge in [0.25, 0.3) is 0 Å². The van der Waals surface area contributed by atoms with Gasteiger partial charge in [0, 0.05) is 18.6 Å². The van der Waals surface area contributed by atoms with E-state index in [-0.39, 0.29) is 138 Å². The van der Waals surface area contributed by atoms with Crippen LogP contribution in [0.15, 0.2) is 0 Å². The van der Waals surface area contributed by atoms with E-state index in [9.17, 15) is 0 Å². The summed E-state index contributed by atoms with van der Waals surface area (Å²) in [6.07, 6.45) is 0. The summed E-state index contributed by atoms with van der Waals surface area (Å²) in [7, 11) is 0. The van der Waals surface area contributed by atoms with Crippen LogP contribution in [0.4, 0.5) is 0 Å². The predicted molar refractivity (Wildman–Crippen MR) is 77.1 cm³/mol. The van der Waals surface area contributed by atoms with Gasteiger partial charge in [0.15, 0.2) is 0 Å². The molecule has 0 N–H and O–H groups in total. The predicted octanol–water partition coefficient (Wildman–Crippen LogP) is 3.09. The minimum absolute atomic E-state index is 0. The van der Waals surface area contributed by atoms with Crippen LogP contribution in [0.3, 0.4) is 0 Å². The van der Waals surface area contributed by atoms with Gasteiger partial charge in [0.2, 0.25) is 0 Å². The molecule has 0 bridgehead atoms. The van der Waals surface area contributed by atoms with E-state index in [4.69, 9.17) is 0 Å². The Morgan fingerprint density at radius 2 is 0.333 bits per heavy atom. The zero-order valence-corrected chi connectivity index (χ0v) is 15.5. The second kappa shape index (κ2) is 34.9. The van der Waals surface area contributed by atoms with Gasteiger partial charge in [0.05, 0.1) is 0 Å². The van der Waals surface area contributed by atoms with Crippen molar-refractivity contribution < 1.29 is 18.6 Å². The van der Waals surface area contributed by atoms with Crippen molar-refractivity contribution in [3.8, 4) is 0 Å². The molecule has 0 nitrogen and oxygen atoms in total. The monoisotopic (exact) mass is 691 g/mol. The molecule has 6 heavy (non-hydrogen) atoms. The Kier molecular flexibility index (Phi) is 283. The molecule has 0 saturated heterocycles. The molecule has 6 heteroatoms. The van der Waals surface area contributed by atoms with Crippen molar-refractivity contribution in [2.24, 2.45) is 0 Å². The van der Waals surface area contributed by atoms with Crippen molar-refractivity contribution in [2.45, 2.75) is 0 Å². The standard InChI is InChI=1S/5HI.V/h5*1H;. The summed E-state index contributed by atoms with van der Waals surface area (Å²) in [6, 6.07) is 0. The average Bonchev–Trinajstić information content (AvgIpc) is 0. The molecular weight excluding hydrogens is 685 g/mol. The van der Waals surface area contributed by atoms with Crippen LogP contribution in [0.5, 0.6) is 0 Å². The Hall–Kier alpha value is 4.23. The average molecular weight is 691 g/mol. The quantitative estimate of drug-likeness (QED) is 0.344. The molecule has 0 atom stereocenters. The largest absolute Gasteiger partial charge is 0.107 e. The molecule has 0 aromatic heterocycles.